The fourth-order valence-electron chi connectivity index (χ4n) is 4.25. The van der Waals surface area contributed by atoms with Crippen LogP contribution in [-0.2, 0) is 5.41 Å². The zero-order valence-corrected chi connectivity index (χ0v) is 15.6. The van der Waals surface area contributed by atoms with E-state index in [-0.39, 0.29) is 0 Å². The minimum atomic E-state index is 0.444. The molecule has 0 aliphatic heterocycles. The zero-order valence-electron chi connectivity index (χ0n) is 15.6. The predicted molar refractivity (Wildman–Crippen MR) is 100 cm³/mol. The molecule has 1 aliphatic rings. The molecule has 1 aromatic rings. The van der Waals surface area contributed by atoms with Gasteiger partial charge < -0.3 is 4.74 Å². The highest BCUT2D eigenvalue weighted by atomic mass is 16.5. The van der Waals surface area contributed by atoms with E-state index in [4.69, 9.17) is 4.74 Å². The third kappa shape index (κ3) is 4.99. The zero-order chi connectivity index (χ0) is 16.5. The summed E-state index contributed by atoms with van der Waals surface area (Å²) in [6, 6.07) is 6.88. The maximum Gasteiger partial charge on any atom is 0.119 e. The summed E-state index contributed by atoms with van der Waals surface area (Å²) in [6.07, 6.45) is 14.8. The van der Waals surface area contributed by atoms with Gasteiger partial charge in [0.1, 0.15) is 5.75 Å². The first-order valence-corrected chi connectivity index (χ1v) is 9.96. The van der Waals surface area contributed by atoms with Gasteiger partial charge in [-0.15, -0.1) is 0 Å². The summed E-state index contributed by atoms with van der Waals surface area (Å²) in [6.45, 7) is 7.65. The van der Waals surface area contributed by atoms with E-state index in [0.29, 0.717) is 5.41 Å². The van der Waals surface area contributed by atoms with Crippen LogP contribution in [0.15, 0.2) is 18.2 Å². The van der Waals surface area contributed by atoms with Crippen LogP contribution in [0.3, 0.4) is 0 Å². The van der Waals surface area contributed by atoms with E-state index in [1.54, 1.807) is 5.56 Å². The van der Waals surface area contributed by atoms with Gasteiger partial charge in [0.05, 0.1) is 6.61 Å². The van der Waals surface area contributed by atoms with Crippen molar-refractivity contribution in [1.82, 2.24) is 0 Å². The molecule has 0 amide bonds. The van der Waals surface area contributed by atoms with Gasteiger partial charge in [-0.3, -0.25) is 0 Å². The van der Waals surface area contributed by atoms with Crippen LogP contribution in [0.5, 0.6) is 5.75 Å². The number of rotatable bonds is 9. The molecule has 130 valence electrons. The Kier molecular flexibility index (Phi) is 7.46. The highest BCUT2D eigenvalue weighted by Gasteiger charge is 2.34. The average Bonchev–Trinajstić information content (AvgIpc) is 2.56. The van der Waals surface area contributed by atoms with Crippen molar-refractivity contribution in [3.8, 4) is 5.75 Å². The van der Waals surface area contributed by atoms with Gasteiger partial charge in [0.15, 0.2) is 0 Å². The molecular weight excluding hydrogens is 280 g/mol. The molecule has 0 heterocycles. The molecular formula is C22H36O. The van der Waals surface area contributed by atoms with E-state index in [1.165, 1.54) is 69.8 Å². The van der Waals surface area contributed by atoms with Gasteiger partial charge in [0.2, 0.25) is 0 Å². The first-order valence-electron chi connectivity index (χ1n) is 9.96. The summed E-state index contributed by atoms with van der Waals surface area (Å²) >= 11 is 0. The molecule has 0 bridgehead atoms. The van der Waals surface area contributed by atoms with Crippen LogP contribution < -0.4 is 4.74 Å². The van der Waals surface area contributed by atoms with Gasteiger partial charge in [-0.1, -0.05) is 64.9 Å². The second-order valence-corrected chi connectivity index (χ2v) is 7.48. The highest BCUT2D eigenvalue weighted by Crippen LogP contribution is 2.45. The Morgan fingerprint density at radius 3 is 2.35 bits per heavy atom. The number of hydrogen-bond acceptors (Lipinski definition) is 1. The van der Waals surface area contributed by atoms with Gasteiger partial charge in [0.25, 0.3) is 0 Å². The van der Waals surface area contributed by atoms with Gasteiger partial charge in [-0.25, -0.2) is 0 Å². The first kappa shape index (κ1) is 18.4. The van der Waals surface area contributed by atoms with E-state index in [0.717, 1.165) is 18.8 Å². The van der Waals surface area contributed by atoms with E-state index < -0.39 is 0 Å². The molecule has 1 aliphatic carbocycles. The normalized spacial score (nSPS) is 17.2. The Bertz CT molecular complexity index is 457. The van der Waals surface area contributed by atoms with Crippen LogP contribution in [0.25, 0.3) is 0 Å². The second-order valence-electron chi connectivity index (χ2n) is 7.48. The lowest BCUT2D eigenvalue weighted by Gasteiger charge is -2.39. The van der Waals surface area contributed by atoms with E-state index in [1.807, 2.05) is 0 Å². The van der Waals surface area contributed by atoms with Crippen molar-refractivity contribution in [2.45, 2.75) is 96.8 Å². The molecule has 1 aromatic carbocycles. The quantitative estimate of drug-likeness (QED) is 0.448. The topological polar surface area (TPSA) is 9.23 Å². The van der Waals surface area contributed by atoms with Crippen molar-refractivity contribution < 1.29 is 4.74 Å². The van der Waals surface area contributed by atoms with Crippen LogP contribution in [0.2, 0.25) is 0 Å². The molecule has 0 unspecified atom stereocenters. The average molecular weight is 317 g/mol. The minimum Gasteiger partial charge on any atom is -0.494 e. The predicted octanol–water partition coefficient (Wildman–Crippen LogP) is 6.96. The SMILES string of the molecule is CCCCCC1(c2ccc(OCCCC)cc2C)CCCCC1. The molecule has 0 spiro atoms. The van der Waals surface area contributed by atoms with Crippen molar-refractivity contribution >= 4 is 0 Å². The van der Waals surface area contributed by atoms with E-state index in [9.17, 15) is 0 Å². The number of hydrogen-bond donors (Lipinski definition) is 0. The minimum absolute atomic E-state index is 0.444. The molecule has 2 rings (SSSR count). The van der Waals surface area contributed by atoms with Gasteiger partial charge in [0, 0.05) is 0 Å². The molecule has 0 saturated heterocycles. The van der Waals surface area contributed by atoms with Crippen LogP contribution in [0.1, 0.15) is 95.6 Å². The smallest absolute Gasteiger partial charge is 0.119 e. The van der Waals surface area contributed by atoms with E-state index in [2.05, 4.69) is 39.0 Å². The van der Waals surface area contributed by atoms with Crippen molar-refractivity contribution in [2.24, 2.45) is 0 Å². The Labute approximate surface area is 143 Å². The molecule has 0 N–H and O–H groups in total. The fraction of sp³-hybridized carbons (Fsp3) is 0.727. The van der Waals surface area contributed by atoms with Gasteiger partial charge in [-0.05, 0) is 61.3 Å². The number of aryl methyl sites for hydroxylation is 1. The number of benzene rings is 1. The molecule has 0 aromatic heterocycles. The number of unbranched alkanes of at least 4 members (excludes halogenated alkanes) is 3. The summed E-state index contributed by atoms with van der Waals surface area (Å²) in [5.41, 5.74) is 3.49. The Morgan fingerprint density at radius 2 is 1.70 bits per heavy atom. The summed E-state index contributed by atoms with van der Waals surface area (Å²) in [7, 11) is 0. The molecule has 0 radical (unpaired) electrons. The van der Waals surface area contributed by atoms with Crippen LogP contribution in [0, 0.1) is 6.92 Å². The highest BCUT2D eigenvalue weighted by molar-refractivity contribution is 5.40. The Balaban J connectivity index is 2.14. The van der Waals surface area contributed by atoms with Crippen LogP contribution in [0.4, 0.5) is 0 Å². The monoisotopic (exact) mass is 316 g/mol. The first-order chi connectivity index (χ1) is 11.2. The fourth-order valence-corrected chi connectivity index (χ4v) is 4.25. The van der Waals surface area contributed by atoms with Gasteiger partial charge in [-0.2, -0.15) is 0 Å². The number of ether oxygens (including phenoxy) is 1. The lowest BCUT2D eigenvalue weighted by molar-refractivity contribution is 0.264. The maximum atomic E-state index is 5.90. The summed E-state index contributed by atoms with van der Waals surface area (Å²) < 4.78 is 5.90. The van der Waals surface area contributed by atoms with Crippen LogP contribution >= 0.6 is 0 Å². The molecule has 1 heteroatoms. The summed E-state index contributed by atoms with van der Waals surface area (Å²) in [5.74, 6) is 1.05. The molecule has 1 saturated carbocycles. The lowest BCUT2D eigenvalue weighted by atomic mass is 9.65. The Morgan fingerprint density at radius 1 is 0.957 bits per heavy atom. The summed E-state index contributed by atoms with van der Waals surface area (Å²) in [4.78, 5) is 0. The van der Waals surface area contributed by atoms with Crippen molar-refractivity contribution in [2.75, 3.05) is 6.61 Å². The van der Waals surface area contributed by atoms with Crippen molar-refractivity contribution in [3.63, 3.8) is 0 Å². The van der Waals surface area contributed by atoms with Crippen molar-refractivity contribution in [3.05, 3.63) is 29.3 Å². The third-order valence-corrected chi connectivity index (χ3v) is 5.61. The largest absolute Gasteiger partial charge is 0.494 e. The lowest BCUT2D eigenvalue weighted by Crippen LogP contribution is -2.30. The molecule has 1 nitrogen and oxygen atoms in total. The Hall–Kier alpha value is -0.980. The second kappa shape index (κ2) is 9.35. The van der Waals surface area contributed by atoms with Crippen LogP contribution in [-0.4, -0.2) is 6.61 Å². The third-order valence-electron chi connectivity index (χ3n) is 5.61. The van der Waals surface area contributed by atoms with Gasteiger partial charge >= 0.3 is 0 Å². The standard InChI is InChI=1S/C22H36O/c1-4-6-9-14-22(15-10-8-11-16-22)21-13-12-20(18-19(21)3)23-17-7-5-2/h12-13,18H,4-11,14-17H2,1-3H3. The molecule has 23 heavy (non-hydrogen) atoms. The van der Waals surface area contributed by atoms with E-state index >= 15 is 0 Å². The maximum absolute atomic E-state index is 5.90. The van der Waals surface area contributed by atoms with Crippen molar-refractivity contribution in [1.29, 1.82) is 0 Å². The molecule has 1 fully saturated rings. The molecule has 0 atom stereocenters. The summed E-state index contributed by atoms with van der Waals surface area (Å²) in [5, 5.41) is 0.